The molecule has 0 spiro atoms. The number of carbonyl (C=O) groups is 1. The van der Waals surface area contributed by atoms with E-state index in [0.29, 0.717) is 34.6 Å². The maximum Gasteiger partial charge on any atom is 0.313 e. The van der Waals surface area contributed by atoms with Gasteiger partial charge >= 0.3 is 5.97 Å². The lowest BCUT2D eigenvalue weighted by molar-refractivity contribution is -0.133. The van der Waals surface area contributed by atoms with E-state index in [4.69, 9.17) is 9.84 Å². The summed E-state index contributed by atoms with van der Waals surface area (Å²) in [6.07, 6.45) is 0. The molecule has 0 fully saturated rings. The number of ether oxygens (including phenoxy) is 1. The summed E-state index contributed by atoms with van der Waals surface area (Å²) >= 11 is 1.02. The highest BCUT2D eigenvalue weighted by Gasteiger charge is 2.11. The first-order valence-corrected chi connectivity index (χ1v) is 8.62. The average Bonchev–Trinajstić information content (AvgIpc) is 3.14. The van der Waals surface area contributed by atoms with Gasteiger partial charge in [-0.3, -0.25) is 20.6 Å². The predicted octanol–water partition coefficient (Wildman–Crippen LogP) is 3.03. The van der Waals surface area contributed by atoms with Crippen molar-refractivity contribution in [3.63, 3.8) is 0 Å². The number of hydrogen-bond acceptors (Lipinski definition) is 7. The van der Waals surface area contributed by atoms with Crippen LogP contribution in [0.5, 0.6) is 5.75 Å². The van der Waals surface area contributed by atoms with Gasteiger partial charge in [0, 0.05) is 11.6 Å². The molecule has 2 aromatic carbocycles. The Morgan fingerprint density at radius 3 is 2.77 bits per heavy atom. The average molecular weight is 372 g/mol. The third-order valence-electron chi connectivity index (χ3n) is 3.35. The SMILES string of the molecule is O=C(O)CSc1n[nH]c(-c2cc(NO)cc(OCc3ccccc3)c2)n1. The van der Waals surface area contributed by atoms with Crippen LogP contribution in [0.1, 0.15) is 5.56 Å². The summed E-state index contributed by atoms with van der Waals surface area (Å²) < 4.78 is 5.79. The first-order chi connectivity index (χ1) is 12.6. The van der Waals surface area contributed by atoms with Crippen molar-refractivity contribution in [3.8, 4) is 17.1 Å². The van der Waals surface area contributed by atoms with Gasteiger partial charge in [0.15, 0.2) is 5.82 Å². The van der Waals surface area contributed by atoms with Crippen molar-refractivity contribution in [2.24, 2.45) is 0 Å². The van der Waals surface area contributed by atoms with Crippen LogP contribution in [0.15, 0.2) is 53.7 Å². The summed E-state index contributed by atoms with van der Waals surface area (Å²) in [6, 6.07) is 14.8. The summed E-state index contributed by atoms with van der Waals surface area (Å²) in [7, 11) is 0. The third kappa shape index (κ3) is 4.74. The van der Waals surface area contributed by atoms with Gasteiger partial charge in [0.1, 0.15) is 12.4 Å². The fourth-order valence-electron chi connectivity index (χ4n) is 2.19. The maximum absolute atomic E-state index is 10.6. The number of hydrogen-bond donors (Lipinski definition) is 4. The molecule has 0 bridgehead atoms. The van der Waals surface area contributed by atoms with Gasteiger partial charge in [0.25, 0.3) is 0 Å². The summed E-state index contributed by atoms with van der Waals surface area (Å²) in [6.45, 7) is 0.380. The van der Waals surface area contributed by atoms with Crippen LogP contribution in [0.2, 0.25) is 0 Å². The van der Waals surface area contributed by atoms with Crippen molar-refractivity contribution >= 4 is 23.4 Å². The van der Waals surface area contributed by atoms with Gasteiger partial charge in [-0.2, -0.15) is 0 Å². The predicted molar refractivity (Wildman–Crippen MR) is 96.4 cm³/mol. The summed E-state index contributed by atoms with van der Waals surface area (Å²) in [5.74, 6) is -0.0796. The number of carboxylic acids is 1. The number of aromatic nitrogens is 3. The number of nitrogens with one attached hydrogen (secondary N) is 2. The number of carboxylic acid groups (broad SMARTS) is 1. The number of thioether (sulfide) groups is 1. The van der Waals surface area contributed by atoms with Crippen LogP contribution in [-0.2, 0) is 11.4 Å². The standard InChI is InChI=1S/C17H16N4O4S/c22-15(23)10-26-17-18-16(19-20-17)12-6-13(21-24)8-14(7-12)25-9-11-4-2-1-3-5-11/h1-8,21,24H,9-10H2,(H,22,23)(H,18,19,20). The van der Waals surface area contributed by atoms with Gasteiger partial charge in [0.2, 0.25) is 5.16 Å². The van der Waals surface area contributed by atoms with E-state index in [1.54, 1.807) is 18.2 Å². The highest BCUT2D eigenvalue weighted by molar-refractivity contribution is 7.99. The second kappa shape index (κ2) is 8.37. The molecule has 0 radical (unpaired) electrons. The summed E-state index contributed by atoms with van der Waals surface area (Å²) in [4.78, 5) is 14.9. The fraction of sp³-hybridized carbons (Fsp3) is 0.118. The second-order valence-corrected chi connectivity index (χ2v) is 6.22. The molecule has 1 heterocycles. The zero-order chi connectivity index (χ0) is 18.4. The van der Waals surface area contributed by atoms with Gasteiger partial charge in [0.05, 0.1) is 11.4 Å². The first-order valence-electron chi connectivity index (χ1n) is 7.63. The Balaban J connectivity index is 1.77. The zero-order valence-electron chi connectivity index (χ0n) is 13.5. The van der Waals surface area contributed by atoms with Crippen LogP contribution >= 0.6 is 11.8 Å². The molecule has 0 aliphatic heterocycles. The van der Waals surface area contributed by atoms with E-state index in [1.165, 1.54) is 0 Å². The first kappa shape index (κ1) is 17.8. The van der Waals surface area contributed by atoms with Crippen LogP contribution < -0.4 is 10.2 Å². The number of nitrogens with zero attached hydrogens (tertiary/aromatic N) is 2. The number of anilines is 1. The van der Waals surface area contributed by atoms with E-state index in [1.807, 2.05) is 30.3 Å². The molecule has 0 aliphatic rings. The molecule has 1 aromatic heterocycles. The molecule has 3 rings (SSSR count). The molecule has 0 unspecified atom stereocenters. The van der Waals surface area contributed by atoms with Crippen LogP contribution in [0.4, 0.5) is 5.69 Å². The van der Waals surface area contributed by atoms with E-state index >= 15 is 0 Å². The molecule has 134 valence electrons. The molecular formula is C17H16N4O4S. The molecule has 8 nitrogen and oxygen atoms in total. The molecule has 0 aliphatic carbocycles. The van der Waals surface area contributed by atoms with Gasteiger partial charge in [-0.25, -0.2) is 4.98 Å². The Labute approximate surface area is 153 Å². The lowest BCUT2D eigenvalue weighted by Gasteiger charge is -2.10. The lowest BCUT2D eigenvalue weighted by Crippen LogP contribution is -1.98. The van der Waals surface area contributed by atoms with Gasteiger partial charge in [-0.15, -0.1) is 5.10 Å². The number of aromatic amines is 1. The van der Waals surface area contributed by atoms with E-state index in [0.717, 1.165) is 17.3 Å². The van der Waals surface area contributed by atoms with Crippen LogP contribution in [-0.4, -0.2) is 37.2 Å². The van der Waals surface area contributed by atoms with Crippen molar-refractivity contribution in [1.29, 1.82) is 0 Å². The normalized spacial score (nSPS) is 10.5. The molecule has 0 saturated carbocycles. The monoisotopic (exact) mass is 372 g/mol. The van der Waals surface area contributed by atoms with E-state index in [-0.39, 0.29) is 5.75 Å². The molecule has 0 saturated heterocycles. The van der Waals surface area contributed by atoms with Gasteiger partial charge in [-0.05, 0) is 17.7 Å². The second-order valence-electron chi connectivity index (χ2n) is 5.28. The Morgan fingerprint density at radius 1 is 1.23 bits per heavy atom. The molecule has 9 heteroatoms. The maximum atomic E-state index is 10.6. The molecule has 0 atom stereocenters. The van der Waals surface area contributed by atoms with E-state index < -0.39 is 5.97 Å². The highest BCUT2D eigenvalue weighted by atomic mass is 32.2. The van der Waals surface area contributed by atoms with Gasteiger partial charge in [-0.1, -0.05) is 42.1 Å². The smallest absolute Gasteiger partial charge is 0.313 e. The summed E-state index contributed by atoms with van der Waals surface area (Å²) in [5, 5.41) is 25.0. The topological polar surface area (TPSA) is 120 Å². The molecule has 3 aromatic rings. The van der Waals surface area contributed by atoms with Crippen LogP contribution in [0.25, 0.3) is 11.4 Å². The lowest BCUT2D eigenvalue weighted by atomic mass is 10.1. The Kier molecular flexibility index (Phi) is 5.72. The van der Waals surface area contributed by atoms with E-state index in [2.05, 4.69) is 20.7 Å². The van der Waals surface area contributed by atoms with Crippen LogP contribution in [0, 0.1) is 0 Å². The van der Waals surface area contributed by atoms with Gasteiger partial charge < -0.3 is 9.84 Å². The number of aliphatic carboxylic acids is 1. The minimum absolute atomic E-state index is 0.124. The summed E-state index contributed by atoms with van der Waals surface area (Å²) in [5.41, 5.74) is 4.19. The third-order valence-corrected chi connectivity index (χ3v) is 4.18. The minimum atomic E-state index is -0.940. The van der Waals surface area contributed by atoms with E-state index in [9.17, 15) is 10.0 Å². The Bertz CT molecular complexity index is 885. The van der Waals surface area contributed by atoms with Crippen LogP contribution in [0.3, 0.4) is 0 Å². The van der Waals surface area contributed by atoms with Crippen molar-refractivity contribution < 1.29 is 19.8 Å². The zero-order valence-corrected chi connectivity index (χ0v) is 14.4. The Hall–Kier alpha value is -3.04. The fourth-order valence-corrected chi connectivity index (χ4v) is 2.71. The quantitative estimate of drug-likeness (QED) is 0.352. The molecule has 4 N–H and O–H groups in total. The Morgan fingerprint density at radius 2 is 2.04 bits per heavy atom. The van der Waals surface area contributed by atoms with Crippen molar-refractivity contribution in [3.05, 3.63) is 54.1 Å². The highest BCUT2D eigenvalue weighted by Crippen LogP contribution is 2.28. The van der Waals surface area contributed by atoms with Crippen molar-refractivity contribution in [2.45, 2.75) is 11.8 Å². The molecular weight excluding hydrogens is 356 g/mol. The number of rotatable bonds is 8. The largest absolute Gasteiger partial charge is 0.489 e. The number of benzene rings is 2. The van der Waals surface area contributed by atoms with Crippen molar-refractivity contribution in [2.75, 3.05) is 11.2 Å². The number of H-pyrrole nitrogens is 1. The van der Waals surface area contributed by atoms with Crippen molar-refractivity contribution in [1.82, 2.24) is 15.2 Å². The minimum Gasteiger partial charge on any atom is -0.489 e. The molecule has 0 amide bonds. The molecule has 26 heavy (non-hydrogen) atoms.